The Bertz CT molecular complexity index is 1430. The van der Waals surface area contributed by atoms with Crippen LogP contribution in [0.2, 0.25) is 0 Å². The number of anilines is 2. The number of benzene rings is 1. The van der Waals surface area contributed by atoms with Crippen molar-refractivity contribution >= 4 is 34.5 Å². The Kier molecular flexibility index (Phi) is 8.50. The summed E-state index contributed by atoms with van der Waals surface area (Å²) in [5, 5.41) is 22.7. The summed E-state index contributed by atoms with van der Waals surface area (Å²) in [4.78, 5) is 11.6. The van der Waals surface area contributed by atoms with Gasteiger partial charge in [-0.3, -0.25) is 9.88 Å². The number of hydrogen-bond acceptors (Lipinski definition) is 9. The second kappa shape index (κ2) is 12.6. The number of hydrogen-bond donors (Lipinski definition) is 3. The van der Waals surface area contributed by atoms with Gasteiger partial charge < -0.3 is 20.8 Å². The number of fused-ring (bicyclic) bond motifs is 1. The highest BCUT2D eigenvalue weighted by molar-refractivity contribution is 6.08. The molecule has 200 valence electrons. The second-order valence-corrected chi connectivity index (χ2v) is 9.98. The van der Waals surface area contributed by atoms with Crippen LogP contribution in [-0.4, -0.2) is 63.6 Å². The largest absolute Gasteiger partial charge is 0.388 e. The maximum Gasteiger partial charge on any atom is 0.154 e. The summed E-state index contributed by atoms with van der Waals surface area (Å²) in [6.07, 6.45) is 6.97. The van der Waals surface area contributed by atoms with E-state index in [-0.39, 0.29) is 6.10 Å². The van der Waals surface area contributed by atoms with Gasteiger partial charge in [0.25, 0.3) is 0 Å². The van der Waals surface area contributed by atoms with Crippen molar-refractivity contribution in [3.63, 3.8) is 0 Å². The van der Waals surface area contributed by atoms with Gasteiger partial charge in [-0.05, 0) is 41.3 Å². The fraction of sp³-hybridized carbons (Fsp3) is 0.300. The molecular weight excluding hydrogens is 488 g/mol. The molecule has 1 aliphatic rings. The van der Waals surface area contributed by atoms with Crippen LogP contribution in [0.5, 0.6) is 0 Å². The minimum absolute atomic E-state index is 0.277. The van der Waals surface area contributed by atoms with Crippen LogP contribution in [0.15, 0.2) is 73.2 Å². The van der Waals surface area contributed by atoms with E-state index in [2.05, 4.69) is 68.8 Å². The summed E-state index contributed by atoms with van der Waals surface area (Å²) in [5.74, 6) is 1.66. The van der Waals surface area contributed by atoms with Gasteiger partial charge in [0.2, 0.25) is 0 Å². The minimum atomic E-state index is 0.277. The zero-order valence-corrected chi connectivity index (χ0v) is 22.3. The lowest BCUT2D eigenvalue weighted by Crippen LogP contribution is -2.51. The molecule has 9 heteroatoms. The molecule has 0 saturated carbocycles. The van der Waals surface area contributed by atoms with E-state index in [1.54, 1.807) is 12.4 Å². The molecule has 1 saturated heterocycles. The van der Waals surface area contributed by atoms with Crippen molar-refractivity contribution in [1.29, 1.82) is 5.41 Å². The third-order valence-corrected chi connectivity index (χ3v) is 6.65. The molecule has 1 aromatic carbocycles. The van der Waals surface area contributed by atoms with E-state index in [4.69, 9.17) is 15.1 Å². The van der Waals surface area contributed by atoms with E-state index in [9.17, 15) is 0 Å². The lowest BCUT2D eigenvalue weighted by molar-refractivity contribution is -0.0559. The van der Waals surface area contributed by atoms with Crippen LogP contribution in [0, 0.1) is 5.41 Å². The normalized spacial score (nSPS) is 14.4. The Morgan fingerprint density at radius 2 is 1.92 bits per heavy atom. The topological polar surface area (TPSA) is 112 Å². The highest BCUT2D eigenvalue weighted by Gasteiger charge is 2.26. The van der Waals surface area contributed by atoms with Gasteiger partial charge in [-0.25, -0.2) is 4.98 Å². The number of rotatable bonds is 12. The molecule has 4 aromatic rings. The maximum absolute atomic E-state index is 7.91. The van der Waals surface area contributed by atoms with Gasteiger partial charge in [-0.1, -0.05) is 44.2 Å². The molecule has 39 heavy (non-hydrogen) atoms. The van der Waals surface area contributed by atoms with E-state index in [1.165, 1.54) is 11.8 Å². The molecule has 9 nitrogen and oxygen atoms in total. The van der Waals surface area contributed by atoms with Gasteiger partial charge in [-0.2, -0.15) is 5.10 Å². The molecule has 4 heterocycles. The number of ether oxygens (including phenoxy) is 1. The average molecular weight is 523 g/mol. The van der Waals surface area contributed by atoms with Gasteiger partial charge in [0.15, 0.2) is 5.82 Å². The first-order valence-corrected chi connectivity index (χ1v) is 13.3. The maximum atomic E-state index is 7.91. The predicted octanol–water partition coefficient (Wildman–Crippen LogP) is 4.77. The molecule has 1 aliphatic heterocycles. The van der Waals surface area contributed by atoms with Crippen molar-refractivity contribution in [1.82, 2.24) is 30.4 Å². The quantitative estimate of drug-likeness (QED) is 0.180. The van der Waals surface area contributed by atoms with Crippen LogP contribution in [-0.2, 0) is 11.3 Å². The summed E-state index contributed by atoms with van der Waals surface area (Å²) < 4.78 is 5.98. The van der Waals surface area contributed by atoms with Crippen molar-refractivity contribution in [2.24, 2.45) is 0 Å². The van der Waals surface area contributed by atoms with Crippen molar-refractivity contribution in [2.75, 3.05) is 31.6 Å². The molecule has 3 N–H and O–H groups in total. The van der Waals surface area contributed by atoms with Crippen molar-refractivity contribution in [3.05, 3.63) is 89.9 Å². The Morgan fingerprint density at radius 1 is 1.08 bits per heavy atom. The lowest BCUT2D eigenvalue weighted by atomic mass is 10.1. The SMILES string of the molecule is CC(C)c1cnnc(Nc2ccc3ncc(/C(C=N)=C/NCCOC4CN(Cc5ccccc5)C4)cc3n2)c1. The zero-order valence-electron chi connectivity index (χ0n) is 22.3. The van der Waals surface area contributed by atoms with Crippen LogP contribution < -0.4 is 10.6 Å². The van der Waals surface area contributed by atoms with Gasteiger partial charge in [0.05, 0.1) is 29.9 Å². The summed E-state index contributed by atoms with van der Waals surface area (Å²) >= 11 is 0. The summed E-state index contributed by atoms with van der Waals surface area (Å²) in [7, 11) is 0. The van der Waals surface area contributed by atoms with Gasteiger partial charge in [0, 0.05) is 55.9 Å². The Balaban J connectivity index is 1.13. The zero-order chi connectivity index (χ0) is 27.0. The first-order valence-electron chi connectivity index (χ1n) is 13.3. The number of nitrogens with zero attached hydrogens (tertiary/aromatic N) is 5. The number of likely N-dealkylation sites (tertiary alicyclic amines) is 1. The number of pyridine rings is 2. The van der Waals surface area contributed by atoms with E-state index >= 15 is 0 Å². The fourth-order valence-electron chi connectivity index (χ4n) is 4.40. The molecule has 3 aromatic heterocycles. The molecule has 0 aliphatic carbocycles. The average Bonchev–Trinajstić information content (AvgIpc) is 2.93. The molecular formula is C30H34N8O. The lowest BCUT2D eigenvalue weighted by Gasteiger charge is -2.39. The van der Waals surface area contributed by atoms with Gasteiger partial charge in [0.1, 0.15) is 5.82 Å². The molecule has 0 atom stereocenters. The van der Waals surface area contributed by atoms with E-state index in [1.807, 2.05) is 36.5 Å². The standard InChI is InChI=1S/C30H34N8O/c1-21(2)23-13-30(37-34-17-23)36-29-9-8-27-28(35-29)12-24(16-33-27)25(14-31)15-32-10-11-39-26-19-38(20-26)18-22-6-4-3-5-7-22/h3-9,12-17,21,26,31-32H,10-11,18-20H2,1-2H3,(H,35,36,37)/b25-15+,31-14?. The van der Waals surface area contributed by atoms with Crippen LogP contribution >= 0.6 is 0 Å². The third-order valence-electron chi connectivity index (χ3n) is 6.65. The van der Waals surface area contributed by atoms with Gasteiger partial charge >= 0.3 is 0 Å². The van der Waals surface area contributed by atoms with Crippen LogP contribution in [0.3, 0.4) is 0 Å². The van der Waals surface area contributed by atoms with Crippen LogP contribution in [0.25, 0.3) is 16.6 Å². The third kappa shape index (κ3) is 7.01. The minimum Gasteiger partial charge on any atom is -0.388 e. The van der Waals surface area contributed by atoms with Crippen molar-refractivity contribution in [3.8, 4) is 0 Å². The molecule has 0 unspecified atom stereocenters. The first kappa shape index (κ1) is 26.4. The molecule has 0 spiro atoms. The van der Waals surface area contributed by atoms with Gasteiger partial charge in [-0.15, -0.1) is 5.10 Å². The highest BCUT2D eigenvalue weighted by Crippen LogP contribution is 2.22. The Labute approximate surface area is 228 Å². The molecule has 1 fully saturated rings. The molecule has 0 radical (unpaired) electrons. The monoisotopic (exact) mass is 522 g/mol. The fourth-order valence-corrected chi connectivity index (χ4v) is 4.40. The second-order valence-electron chi connectivity index (χ2n) is 9.98. The van der Waals surface area contributed by atoms with Crippen molar-refractivity contribution in [2.45, 2.75) is 32.4 Å². The highest BCUT2D eigenvalue weighted by atomic mass is 16.5. The molecule has 0 bridgehead atoms. The Morgan fingerprint density at radius 3 is 2.72 bits per heavy atom. The predicted molar refractivity (Wildman–Crippen MR) is 155 cm³/mol. The number of aromatic nitrogens is 4. The summed E-state index contributed by atoms with van der Waals surface area (Å²) in [5.41, 5.74) is 5.48. The number of nitrogens with one attached hydrogen (secondary N) is 3. The van der Waals surface area contributed by atoms with E-state index < -0.39 is 0 Å². The number of allylic oxidation sites excluding steroid dienone is 1. The summed E-state index contributed by atoms with van der Waals surface area (Å²) in [6, 6.07) is 18.2. The van der Waals surface area contributed by atoms with E-state index in [0.717, 1.165) is 47.4 Å². The molecule has 5 rings (SSSR count). The molecule has 0 amide bonds. The first-order chi connectivity index (χ1) is 19.1. The van der Waals surface area contributed by atoms with Crippen LogP contribution in [0.4, 0.5) is 11.6 Å². The van der Waals surface area contributed by atoms with Crippen LogP contribution in [0.1, 0.15) is 36.5 Å². The van der Waals surface area contributed by atoms with E-state index in [0.29, 0.717) is 30.7 Å². The smallest absolute Gasteiger partial charge is 0.154 e. The summed E-state index contributed by atoms with van der Waals surface area (Å²) in [6.45, 7) is 8.39. The Hall–Kier alpha value is -4.21. The van der Waals surface area contributed by atoms with Crippen molar-refractivity contribution < 1.29 is 4.74 Å².